The summed E-state index contributed by atoms with van der Waals surface area (Å²) in [7, 11) is 3.41. The number of aryl methyl sites for hydroxylation is 3. The first-order valence-corrected chi connectivity index (χ1v) is 10.1. The van der Waals surface area contributed by atoms with Gasteiger partial charge in [0.15, 0.2) is 0 Å². The molecule has 0 aliphatic heterocycles. The van der Waals surface area contributed by atoms with Crippen molar-refractivity contribution >= 4 is 23.5 Å². The van der Waals surface area contributed by atoms with Gasteiger partial charge >= 0.3 is 5.69 Å². The number of nitrogens with one attached hydrogen (secondary N) is 2. The molecule has 0 unspecified atom stereocenters. The maximum atomic E-state index is 12.3. The second-order valence-corrected chi connectivity index (χ2v) is 7.69. The molecule has 29 heavy (non-hydrogen) atoms. The molecule has 1 aromatic heterocycles. The molecule has 150 valence electrons. The minimum Gasteiger partial charge on any atom is -0.393 e. The smallest absolute Gasteiger partial charge is 0.368 e. The van der Waals surface area contributed by atoms with Crippen LogP contribution in [0.4, 0.5) is 0 Å². The number of tetrazole rings is 1. The third kappa shape index (κ3) is 4.32. The largest absolute Gasteiger partial charge is 0.393 e. The van der Waals surface area contributed by atoms with Gasteiger partial charge in [-0.05, 0) is 58.7 Å². The van der Waals surface area contributed by atoms with Gasteiger partial charge in [-0.15, -0.1) is 11.8 Å². The van der Waals surface area contributed by atoms with E-state index < -0.39 is 0 Å². The van der Waals surface area contributed by atoms with Crippen LogP contribution in [0.5, 0.6) is 0 Å². The maximum absolute atomic E-state index is 12.3. The highest BCUT2D eigenvalue weighted by Crippen LogP contribution is 2.31. The summed E-state index contributed by atoms with van der Waals surface area (Å²) in [5.41, 5.74) is 5.62. The van der Waals surface area contributed by atoms with E-state index in [9.17, 15) is 4.79 Å². The van der Waals surface area contributed by atoms with Crippen molar-refractivity contribution in [2.75, 3.05) is 7.05 Å². The molecule has 1 heterocycles. The minimum atomic E-state index is -0.266. The molecule has 0 aliphatic carbocycles. The van der Waals surface area contributed by atoms with Crippen LogP contribution in [0.3, 0.4) is 0 Å². The quantitative estimate of drug-likeness (QED) is 0.463. The molecule has 0 radical (unpaired) electrons. The molecule has 0 spiro atoms. The van der Waals surface area contributed by atoms with Crippen molar-refractivity contribution in [2.24, 2.45) is 7.05 Å². The third-order valence-electron chi connectivity index (χ3n) is 4.67. The molecular formula is C21H24N6OS. The predicted molar refractivity (Wildman–Crippen MR) is 118 cm³/mol. The summed E-state index contributed by atoms with van der Waals surface area (Å²) >= 11 is 1.71. The highest BCUT2D eigenvalue weighted by Gasteiger charge is 2.14. The van der Waals surface area contributed by atoms with Crippen molar-refractivity contribution in [1.29, 1.82) is 5.41 Å². The number of hydrogen-bond acceptors (Lipinski definition) is 6. The topological polar surface area (TPSA) is 88.6 Å². The van der Waals surface area contributed by atoms with Crippen LogP contribution in [0, 0.1) is 19.3 Å². The van der Waals surface area contributed by atoms with E-state index in [0.29, 0.717) is 5.75 Å². The van der Waals surface area contributed by atoms with Crippen molar-refractivity contribution in [3.8, 4) is 5.69 Å². The van der Waals surface area contributed by atoms with Gasteiger partial charge in [0.2, 0.25) is 0 Å². The van der Waals surface area contributed by atoms with E-state index in [0.717, 1.165) is 38.4 Å². The number of nitrogens with zero attached hydrogens (tertiary/aromatic N) is 4. The van der Waals surface area contributed by atoms with E-state index in [1.807, 2.05) is 44.4 Å². The number of thioether (sulfide) groups is 1. The molecule has 0 amide bonds. The van der Waals surface area contributed by atoms with Crippen molar-refractivity contribution in [3.63, 3.8) is 0 Å². The van der Waals surface area contributed by atoms with E-state index >= 15 is 0 Å². The molecule has 7 nitrogen and oxygen atoms in total. The van der Waals surface area contributed by atoms with Crippen molar-refractivity contribution in [1.82, 2.24) is 25.1 Å². The molecule has 0 atom stereocenters. The average molecular weight is 409 g/mol. The summed E-state index contributed by atoms with van der Waals surface area (Å²) in [6.07, 6.45) is 3.16. The first-order chi connectivity index (χ1) is 14.0. The Morgan fingerprint density at radius 2 is 2.00 bits per heavy atom. The highest BCUT2D eigenvalue weighted by molar-refractivity contribution is 7.98. The lowest BCUT2D eigenvalue weighted by atomic mass is 10.1. The van der Waals surface area contributed by atoms with Gasteiger partial charge in [-0.2, -0.15) is 9.36 Å². The van der Waals surface area contributed by atoms with Crippen LogP contribution in [-0.4, -0.2) is 33.1 Å². The Balaban J connectivity index is 1.89. The summed E-state index contributed by atoms with van der Waals surface area (Å²) in [6, 6.07) is 12.0. The third-order valence-corrected chi connectivity index (χ3v) is 5.87. The molecule has 3 rings (SSSR count). The first kappa shape index (κ1) is 20.6. The van der Waals surface area contributed by atoms with E-state index in [1.165, 1.54) is 15.6 Å². The number of aromatic nitrogens is 4. The second-order valence-electron chi connectivity index (χ2n) is 6.67. The number of benzene rings is 2. The summed E-state index contributed by atoms with van der Waals surface area (Å²) < 4.78 is 2.57. The molecule has 0 bridgehead atoms. The van der Waals surface area contributed by atoms with Crippen LogP contribution in [0.1, 0.15) is 22.3 Å². The Morgan fingerprint density at radius 3 is 2.62 bits per heavy atom. The van der Waals surface area contributed by atoms with Gasteiger partial charge in [0.1, 0.15) is 0 Å². The summed E-state index contributed by atoms with van der Waals surface area (Å²) in [6.45, 7) is 4.11. The lowest BCUT2D eigenvalue weighted by Crippen LogP contribution is -2.23. The Morgan fingerprint density at radius 1 is 1.21 bits per heavy atom. The van der Waals surface area contributed by atoms with Crippen LogP contribution in [-0.2, 0) is 12.8 Å². The monoisotopic (exact) mass is 408 g/mol. The van der Waals surface area contributed by atoms with Crippen molar-refractivity contribution in [3.05, 3.63) is 75.3 Å². The highest BCUT2D eigenvalue weighted by atomic mass is 32.2. The zero-order chi connectivity index (χ0) is 21.0. The lowest BCUT2D eigenvalue weighted by Gasteiger charge is -2.13. The van der Waals surface area contributed by atoms with Gasteiger partial charge < -0.3 is 10.7 Å². The van der Waals surface area contributed by atoms with E-state index in [1.54, 1.807) is 18.8 Å². The summed E-state index contributed by atoms with van der Waals surface area (Å²) in [5, 5.41) is 18.4. The zero-order valence-corrected chi connectivity index (χ0v) is 17.7. The van der Waals surface area contributed by atoms with Gasteiger partial charge in [0, 0.05) is 42.7 Å². The van der Waals surface area contributed by atoms with Gasteiger partial charge in [-0.1, -0.05) is 24.3 Å². The second kappa shape index (κ2) is 8.91. The molecule has 0 aliphatic rings. The van der Waals surface area contributed by atoms with E-state index in [4.69, 9.17) is 5.41 Å². The van der Waals surface area contributed by atoms with Gasteiger partial charge in [0.05, 0.1) is 5.69 Å². The molecule has 3 aromatic rings. The first-order valence-electron chi connectivity index (χ1n) is 9.16. The van der Waals surface area contributed by atoms with Crippen LogP contribution < -0.4 is 11.0 Å². The fourth-order valence-corrected chi connectivity index (χ4v) is 4.17. The molecule has 0 saturated carbocycles. The predicted octanol–water partition coefficient (Wildman–Crippen LogP) is 3.09. The Hall–Kier alpha value is -3.13. The Bertz CT molecular complexity index is 1130. The van der Waals surface area contributed by atoms with Crippen LogP contribution in [0.15, 0.2) is 52.3 Å². The summed E-state index contributed by atoms with van der Waals surface area (Å²) in [4.78, 5) is 13.5. The SMILES string of the molecule is CN/C=C(\C=N)c1ccc(SCc2c(C)cccc2-n2nnn(C)c2=O)c(C)c1. The maximum Gasteiger partial charge on any atom is 0.368 e. The van der Waals surface area contributed by atoms with Crippen molar-refractivity contribution < 1.29 is 0 Å². The molecule has 2 aromatic carbocycles. The number of rotatable bonds is 7. The normalized spacial score (nSPS) is 11.5. The van der Waals surface area contributed by atoms with Gasteiger partial charge in [-0.3, -0.25) is 0 Å². The minimum absolute atomic E-state index is 0.266. The Kier molecular flexibility index (Phi) is 6.33. The molecule has 2 N–H and O–H groups in total. The van der Waals surface area contributed by atoms with Crippen molar-refractivity contribution in [2.45, 2.75) is 24.5 Å². The van der Waals surface area contributed by atoms with Gasteiger partial charge in [0.25, 0.3) is 0 Å². The zero-order valence-electron chi connectivity index (χ0n) is 16.9. The fraction of sp³-hybridized carbons (Fsp3) is 0.238. The number of hydrogen-bond donors (Lipinski definition) is 2. The molecule has 8 heteroatoms. The fourth-order valence-electron chi connectivity index (χ4n) is 3.04. The van der Waals surface area contributed by atoms with Crippen LogP contribution in [0.25, 0.3) is 11.3 Å². The number of allylic oxidation sites excluding steroid dienone is 1. The molecule has 0 fully saturated rings. The van der Waals surface area contributed by atoms with Crippen LogP contribution in [0.2, 0.25) is 0 Å². The van der Waals surface area contributed by atoms with Crippen LogP contribution >= 0.6 is 11.8 Å². The molecular weight excluding hydrogens is 384 g/mol. The van der Waals surface area contributed by atoms with Gasteiger partial charge in [-0.25, -0.2) is 4.79 Å². The Labute approximate surface area is 173 Å². The standard InChI is InChI=1S/C21H24N6OS/c1-14-6-5-7-19(27-21(28)26(4)24-25-27)18(14)13-29-20-9-8-16(10-15(20)2)17(11-22)12-23-3/h5-12,22-23H,13H2,1-4H3/b17-12+,22-11?. The average Bonchev–Trinajstić information content (AvgIpc) is 3.04. The van der Waals surface area contributed by atoms with E-state index in [2.05, 4.69) is 34.8 Å². The molecule has 0 saturated heterocycles. The lowest BCUT2D eigenvalue weighted by molar-refractivity contribution is 0.692. The summed E-state index contributed by atoms with van der Waals surface area (Å²) in [5.74, 6) is 0.703. The van der Waals surface area contributed by atoms with E-state index in [-0.39, 0.29) is 5.69 Å².